The number of hydrogen-bond acceptors (Lipinski definition) is 4. The Morgan fingerprint density at radius 3 is 2.88 bits per heavy atom. The van der Waals surface area contributed by atoms with Gasteiger partial charge in [0.1, 0.15) is 10.8 Å². The highest BCUT2D eigenvalue weighted by molar-refractivity contribution is 8.00. The average Bonchev–Trinajstić information content (AvgIpc) is 2.93. The van der Waals surface area contributed by atoms with Crippen LogP contribution in [0.25, 0.3) is 5.65 Å². The summed E-state index contributed by atoms with van der Waals surface area (Å²) < 4.78 is 16.3. The maximum Gasteiger partial charge on any atom is 0.350 e. The van der Waals surface area contributed by atoms with E-state index in [9.17, 15) is 9.18 Å². The minimum atomic E-state index is -0.315. The third-order valence-electron chi connectivity index (χ3n) is 4.52. The van der Waals surface area contributed by atoms with Crippen molar-refractivity contribution in [2.45, 2.75) is 48.9 Å². The predicted molar refractivity (Wildman–Crippen MR) is 95.5 cm³/mol. The molecule has 4 rings (SSSR count). The number of rotatable bonds is 4. The van der Waals surface area contributed by atoms with Gasteiger partial charge in [0.2, 0.25) is 0 Å². The molecule has 2 aromatic heterocycles. The van der Waals surface area contributed by atoms with Crippen LogP contribution < -0.4 is 5.69 Å². The van der Waals surface area contributed by atoms with Crippen molar-refractivity contribution in [1.29, 1.82) is 0 Å². The number of thioether (sulfide) groups is 1. The van der Waals surface area contributed by atoms with Gasteiger partial charge in [-0.25, -0.2) is 23.3 Å². The van der Waals surface area contributed by atoms with Gasteiger partial charge >= 0.3 is 5.69 Å². The third-order valence-corrected chi connectivity index (χ3v) is 5.84. The highest BCUT2D eigenvalue weighted by Gasteiger charge is 2.19. The van der Waals surface area contributed by atoms with Crippen LogP contribution in [0.1, 0.15) is 37.7 Å². The Bertz CT molecular complexity index is 946. The Kier molecular flexibility index (Phi) is 4.57. The van der Waals surface area contributed by atoms with Gasteiger partial charge < -0.3 is 0 Å². The minimum absolute atomic E-state index is 0.229. The highest BCUT2D eigenvalue weighted by atomic mass is 32.2. The number of hydrogen-bond donors (Lipinski definition) is 0. The largest absolute Gasteiger partial charge is 0.350 e. The zero-order chi connectivity index (χ0) is 17.2. The molecule has 25 heavy (non-hydrogen) atoms. The molecule has 5 nitrogen and oxygen atoms in total. The first-order chi connectivity index (χ1) is 12.2. The molecule has 3 aromatic rings. The molecule has 0 saturated heterocycles. The molecule has 0 atom stereocenters. The lowest BCUT2D eigenvalue weighted by Gasteiger charge is -2.20. The van der Waals surface area contributed by atoms with Crippen molar-refractivity contribution in [3.63, 3.8) is 0 Å². The molecular weight excluding hydrogens is 339 g/mol. The third kappa shape index (κ3) is 3.46. The van der Waals surface area contributed by atoms with Crippen LogP contribution >= 0.6 is 11.8 Å². The Morgan fingerprint density at radius 2 is 2.08 bits per heavy atom. The van der Waals surface area contributed by atoms with E-state index in [4.69, 9.17) is 0 Å². The normalized spacial score (nSPS) is 15.7. The van der Waals surface area contributed by atoms with Crippen LogP contribution in [0, 0.1) is 5.82 Å². The van der Waals surface area contributed by atoms with Crippen molar-refractivity contribution in [2.75, 3.05) is 0 Å². The lowest BCUT2D eigenvalue weighted by atomic mass is 10.0. The van der Waals surface area contributed by atoms with E-state index in [0.29, 0.717) is 16.5 Å². The van der Waals surface area contributed by atoms with Gasteiger partial charge in [-0.1, -0.05) is 43.2 Å². The van der Waals surface area contributed by atoms with Gasteiger partial charge in [-0.05, 0) is 30.5 Å². The second kappa shape index (κ2) is 7.00. The highest BCUT2D eigenvalue weighted by Crippen LogP contribution is 2.33. The molecule has 0 aliphatic heterocycles. The van der Waals surface area contributed by atoms with Gasteiger partial charge in [-0.15, -0.1) is 5.10 Å². The summed E-state index contributed by atoms with van der Waals surface area (Å²) in [5.74, 6) is -0.315. The van der Waals surface area contributed by atoms with Gasteiger partial charge in [0.05, 0.1) is 6.54 Å². The minimum Gasteiger partial charge on any atom is -0.246 e. The molecular formula is C18H19FN4OS. The Morgan fingerprint density at radius 1 is 1.24 bits per heavy atom. The Hall–Kier alpha value is -2.15. The molecule has 0 amide bonds. The number of aromatic nitrogens is 4. The summed E-state index contributed by atoms with van der Waals surface area (Å²) in [7, 11) is 0. The molecule has 0 radical (unpaired) electrons. The van der Waals surface area contributed by atoms with Crippen LogP contribution in [0.2, 0.25) is 0 Å². The fourth-order valence-electron chi connectivity index (χ4n) is 3.26. The predicted octanol–water partition coefficient (Wildman–Crippen LogP) is 3.50. The van der Waals surface area contributed by atoms with E-state index in [0.717, 1.165) is 5.03 Å². The second-order valence-electron chi connectivity index (χ2n) is 6.37. The lowest BCUT2D eigenvalue weighted by molar-refractivity contribution is 0.516. The molecule has 0 bridgehead atoms. The molecule has 1 fully saturated rings. The van der Waals surface area contributed by atoms with Gasteiger partial charge in [-0.3, -0.25) is 0 Å². The number of halogens is 1. The molecule has 1 aromatic carbocycles. The smallest absolute Gasteiger partial charge is 0.246 e. The summed E-state index contributed by atoms with van der Waals surface area (Å²) in [5, 5.41) is 5.80. The second-order valence-corrected chi connectivity index (χ2v) is 7.66. The summed E-state index contributed by atoms with van der Waals surface area (Å²) in [6.45, 7) is 0.242. The number of benzene rings is 1. The maximum absolute atomic E-state index is 13.4. The van der Waals surface area contributed by atoms with E-state index >= 15 is 0 Å². The molecule has 0 N–H and O–H groups in total. The molecule has 1 aliphatic rings. The summed E-state index contributed by atoms with van der Waals surface area (Å²) in [6, 6.07) is 6.23. The van der Waals surface area contributed by atoms with Crippen molar-refractivity contribution >= 4 is 17.4 Å². The Balaban J connectivity index is 1.66. The topological polar surface area (TPSA) is 52.2 Å². The first-order valence-corrected chi connectivity index (χ1v) is 9.44. The van der Waals surface area contributed by atoms with Crippen LogP contribution in [0.15, 0.2) is 46.5 Å². The quantitative estimate of drug-likeness (QED) is 0.716. The molecule has 130 valence electrons. The van der Waals surface area contributed by atoms with Crippen LogP contribution in [-0.4, -0.2) is 24.4 Å². The van der Waals surface area contributed by atoms with E-state index in [2.05, 4.69) is 10.1 Å². The molecule has 1 aliphatic carbocycles. The summed E-state index contributed by atoms with van der Waals surface area (Å²) in [6.07, 6.45) is 9.45. The van der Waals surface area contributed by atoms with Gasteiger partial charge in [0, 0.05) is 17.6 Å². The van der Waals surface area contributed by atoms with E-state index in [1.807, 2.05) is 0 Å². The number of fused-ring (bicyclic) bond motifs is 1. The average molecular weight is 358 g/mol. The van der Waals surface area contributed by atoms with Gasteiger partial charge in [0.15, 0.2) is 5.65 Å². The summed E-state index contributed by atoms with van der Waals surface area (Å²) >= 11 is 1.72. The van der Waals surface area contributed by atoms with E-state index in [1.54, 1.807) is 36.3 Å². The Labute approximate surface area is 148 Å². The zero-order valence-corrected chi connectivity index (χ0v) is 14.6. The molecule has 7 heteroatoms. The molecule has 2 heterocycles. The maximum atomic E-state index is 13.4. The summed E-state index contributed by atoms with van der Waals surface area (Å²) in [5.41, 5.74) is 1.06. The van der Waals surface area contributed by atoms with Gasteiger partial charge in [0.25, 0.3) is 0 Å². The fourth-order valence-corrected chi connectivity index (χ4v) is 4.51. The molecule has 0 spiro atoms. The van der Waals surface area contributed by atoms with Crippen LogP contribution in [-0.2, 0) is 6.54 Å². The molecule has 1 saturated carbocycles. The number of nitrogens with zero attached hydrogens (tertiary/aromatic N) is 4. The standard InChI is InChI=1S/C18H19FN4OS/c19-14-6-4-5-13(11-14)12-23-18(24)22-10-9-20-17(16(22)21-23)25-15-7-2-1-3-8-15/h4-6,9-11,15H,1-3,7-8,12H2. The zero-order valence-electron chi connectivity index (χ0n) is 13.8. The van der Waals surface area contributed by atoms with Gasteiger partial charge in [-0.2, -0.15) is 0 Å². The van der Waals surface area contributed by atoms with E-state index in [-0.39, 0.29) is 18.1 Å². The lowest BCUT2D eigenvalue weighted by Crippen LogP contribution is -2.21. The van der Waals surface area contributed by atoms with Crippen molar-refractivity contribution in [3.8, 4) is 0 Å². The first-order valence-electron chi connectivity index (χ1n) is 8.56. The summed E-state index contributed by atoms with van der Waals surface area (Å²) in [4.78, 5) is 17.0. The first kappa shape index (κ1) is 16.3. The van der Waals surface area contributed by atoms with Crippen LogP contribution in [0.5, 0.6) is 0 Å². The van der Waals surface area contributed by atoms with Crippen molar-refractivity contribution in [2.24, 2.45) is 0 Å². The monoisotopic (exact) mass is 358 g/mol. The van der Waals surface area contributed by atoms with E-state index < -0.39 is 0 Å². The van der Waals surface area contributed by atoms with E-state index in [1.165, 1.54) is 53.3 Å². The SMILES string of the molecule is O=c1n(Cc2cccc(F)c2)nc2c(SC3CCCCC3)nccn12. The van der Waals surface area contributed by atoms with Crippen LogP contribution in [0.4, 0.5) is 4.39 Å². The van der Waals surface area contributed by atoms with Crippen molar-refractivity contribution in [3.05, 3.63) is 58.5 Å². The fraction of sp³-hybridized carbons (Fsp3) is 0.389. The molecule has 0 unspecified atom stereocenters. The van der Waals surface area contributed by atoms with Crippen LogP contribution in [0.3, 0.4) is 0 Å². The van der Waals surface area contributed by atoms with Crippen molar-refractivity contribution < 1.29 is 4.39 Å². The van der Waals surface area contributed by atoms with Crippen molar-refractivity contribution in [1.82, 2.24) is 19.2 Å².